The number of benzene rings is 2. The maximum absolute atomic E-state index is 12.6. The fourth-order valence-corrected chi connectivity index (χ4v) is 3.66. The third-order valence-corrected chi connectivity index (χ3v) is 5.33. The lowest BCUT2D eigenvalue weighted by Crippen LogP contribution is -2.49. The van der Waals surface area contributed by atoms with Gasteiger partial charge in [0.25, 0.3) is 5.91 Å². The number of ether oxygens (including phenoxy) is 1. The minimum Gasteiger partial charge on any atom is -0.496 e. The number of nitrogens with zero attached hydrogens (tertiary/aromatic N) is 2. The molecular formula is C26H25N5O6. The van der Waals surface area contributed by atoms with Crippen LogP contribution in [-0.4, -0.2) is 40.5 Å². The van der Waals surface area contributed by atoms with Crippen LogP contribution in [0.15, 0.2) is 76.3 Å². The van der Waals surface area contributed by atoms with Gasteiger partial charge < -0.3 is 29.6 Å². The fourth-order valence-electron chi connectivity index (χ4n) is 3.66. The first-order chi connectivity index (χ1) is 17.7. The summed E-state index contributed by atoms with van der Waals surface area (Å²) in [5.41, 5.74) is 1.80. The van der Waals surface area contributed by atoms with Crippen LogP contribution >= 0.6 is 0 Å². The number of amides is 3. The largest absolute Gasteiger partial charge is 0.496 e. The van der Waals surface area contributed by atoms with E-state index in [0.717, 1.165) is 5.56 Å². The Bertz CT molecular complexity index is 1380. The topological polar surface area (TPSA) is 149 Å². The van der Waals surface area contributed by atoms with Crippen molar-refractivity contribution in [2.24, 2.45) is 0 Å². The summed E-state index contributed by atoms with van der Waals surface area (Å²) in [6.45, 7) is 3.62. The highest BCUT2D eigenvalue weighted by molar-refractivity contribution is 6.39. The van der Waals surface area contributed by atoms with Gasteiger partial charge in [-0.05, 0) is 50.1 Å². The molecule has 3 amide bonds. The van der Waals surface area contributed by atoms with Crippen molar-refractivity contribution in [3.05, 3.63) is 78.6 Å². The monoisotopic (exact) mass is 503 g/mol. The number of carbonyl (C=O) groups excluding carboxylic acids is 3. The summed E-state index contributed by atoms with van der Waals surface area (Å²) in [6.07, 6.45) is 4.70. The number of methoxy groups -OCH3 is 1. The van der Waals surface area contributed by atoms with E-state index in [4.69, 9.17) is 13.7 Å². The number of hydrogen-bond acceptors (Lipinski definition) is 8. The highest BCUT2D eigenvalue weighted by atomic mass is 16.5. The second-order valence-corrected chi connectivity index (χ2v) is 8.78. The third-order valence-electron chi connectivity index (χ3n) is 5.33. The van der Waals surface area contributed by atoms with E-state index in [1.165, 1.54) is 25.8 Å². The summed E-state index contributed by atoms with van der Waals surface area (Å²) in [5.74, 6) is -0.924. The Morgan fingerprint density at radius 2 is 1.73 bits per heavy atom. The number of nitrogens with one attached hydrogen (secondary N) is 3. The molecule has 0 atom stereocenters. The molecule has 0 saturated carbocycles. The van der Waals surface area contributed by atoms with Crippen LogP contribution in [-0.2, 0) is 16.0 Å². The fraction of sp³-hybridized carbons (Fsp3) is 0.192. The molecule has 11 heteroatoms. The third kappa shape index (κ3) is 6.40. The van der Waals surface area contributed by atoms with E-state index in [2.05, 4.69) is 26.1 Å². The maximum atomic E-state index is 12.6. The molecule has 190 valence electrons. The summed E-state index contributed by atoms with van der Waals surface area (Å²) in [6, 6.07) is 13.5. The highest BCUT2D eigenvalue weighted by Gasteiger charge is 2.25. The standard InChI is InChI=1S/C26H25N5O6/c1-26(2,13-16-4-6-17(7-5-16)29-23(32)20-10-11-28-37-20)31-25(34)24(33)30-18-8-9-19(21(12-18)35-3)22-14-27-15-36-22/h4-12,14-15H,13H2,1-3H3,(H,29,32)(H,30,33)(H,31,34). The molecule has 3 N–H and O–H groups in total. The molecule has 2 heterocycles. The smallest absolute Gasteiger partial charge is 0.313 e. The van der Waals surface area contributed by atoms with Crippen molar-refractivity contribution >= 4 is 29.1 Å². The number of rotatable bonds is 8. The van der Waals surface area contributed by atoms with Crippen molar-refractivity contribution in [3.63, 3.8) is 0 Å². The summed E-state index contributed by atoms with van der Waals surface area (Å²) in [5, 5.41) is 11.6. The van der Waals surface area contributed by atoms with Crippen LogP contribution in [0.4, 0.5) is 11.4 Å². The van der Waals surface area contributed by atoms with Crippen molar-refractivity contribution in [1.82, 2.24) is 15.5 Å². The molecule has 2 aromatic heterocycles. The van der Waals surface area contributed by atoms with Crippen LogP contribution in [0, 0.1) is 0 Å². The molecular weight excluding hydrogens is 478 g/mol. The van der Waals surface area contributed by atoms with Crippen LogP contribution in [0.1, 0.15) is 30.0 Å². The van der Waals surface area contributed by atoms with Gasteiger partial charge in [0.2, 0.25) is 5.76 Å². The molecule has 0 aliphatic heterocycles. The van der Waals surface area contributed by atoms with E-state index in [9.17, 15) is 14.4 Å². The molecule has 0 saturated heterocycles. The minimum absolute atomic E-state index is 0.107. The average molecular weight is 504 g/mol. The molecule has 37 heavy (non-hydrogen) atoms. The molecule has 0 spiro atoms. The highest BCUT2D eigenvalue weighted by Crippen LogP contribution is 2.32. The van der Waals surface area contributed by atoms with Gasteiger partial charge in [-0.3, -0.25) is 14.4 Å². The summed E-state index contributed by atoms with van der Waals surface area (Å²) < 4.78 is 15.5. The number of hydrogen-bond donors (Lipinski definition) is 3. The zero-order valence-corrected chi connectivity index (χ0v) is 20.4. The quantitative estimate of drug-likeness (QED) is 0.309. The number of aromatic nitrogens is 2. The number of oxazole rings is 1. The van der Waals surface area contributed by atoms with Crippen LogP contribution in [0.5, 0.6) is 5.75 Å². The second kappa shape index (κ2) is 10.8. The van der Waals surface area contributed by atoms with Gasteiger partial charge in [0.15, 0.2) is 12.2 Å². The summed E-state index contributed by atoms with van der Waals surface area (Å²) in [7, 11) is 1.49. The Morgan fingerprint density at radius 1 is 0.973 bits per heavy atom. The number of anilines is 2. The van der Waals surface area contributed by atoms with Crippen molar-refractivity contribution in [2.75, 3.05) is 17.7 Å². The lowest BCUT2D eigenvalue weighted by atomic mass is 9.94. The van der Waals surface area contributed by atoms with Crippen LogP contribution < -0.4 is 20.7 Å². The Kier molecular flexibility index (Phi) is 7.33. The Hall–Kier alpha value is -4.93. The first-order valence-electron chi connectivity index (χ1n) is 11.3. The van der Waals surface area contributed by atoms with E-state index in [1.807, 2.05) is 26.0 Å². The first-order valence-corrected chi connectivity index (χ1v) is 11.3. The lowest BCUT2D eigenvalue weighted by Gasteiger charge is -2.26. The van der Waals surface area contributed by atoms with Gasteiger partial charge in [0.05, 0.1) is 25.1 Å². The zero-order valence-electron chi connectivity index (χ0n) is 20.4. The van der Waals surface area contributed by atoms with Gasteiger partial charge in [0.1, 0.15) is 5.75 Å². The molecule has 4 aromatic rings. The molecule has 0 radical (unpaired) electrons. The van der Waals surface area contributed by atoms with Gasteiger partial charge >= 0.3 is 11.8 Å². The first kappa shape index (κ1) is 25.2. The predicted molar refractivity (Wildman–Crippen MR) is 134 cm³/mol. The van der Waals surface area contributed by atoms with Crippen LogP contribution in [0.2, 0.25) is 0 Å². The average Bonchev–Trinajstić information content (AvgIpc) is 3.59. The molecule has 0 bridgehead atoms. The van der Waals surface area contributed by atoms with E-state index >= 15 is 0 Å². The van der Waals surface area contributed by atoms with Gasteiger partial charge in [-0.15, -0.1) is 0 Å². The maximum Gasteiger partial charge on any atom is 0.313 e. The van der Waals surface area contributed by atoms with Gasteiger partial charge in [-0.1, -0.05) is 17.3 Å². The summed E-state index contributed by atoms with van der Waals surface area (Å²) >= 11 is 0. The number of carbonyl (C=O) groups is 3. The summed E-state index contributed by atoms with van der Waals surface area (Å²) in [4.78, 5) is 41.1. The van der Waals surface area contributed by atoms with Crippen molar-refractivity contribution in [1.29, 1.82) is 0 Å². The van der Waals surface area contributed by atoms with Crippen LogP contribution in [0.25, 0.3) is 11.3 Å². The van der Waals surface area contributed by atoms with Crippen molar-refractivity contribution in [2.45, 2.75) is 25.8 Å². The molecule has 0 unspecified atom stereocenters. The van der Waals surface area contributed by atoms with Crippen molar-refractivity contribution < 1.29 is 28.1 Å². The Morgan fingerprint density at radius 3 is 2.38 bits per heavy atom. The molecule has 11 nitrogen and oxygen atoms in total. The lowest BCUT2D eigenvalue weighted by molar-refractivity contribution is -0.137. The Labute approximate surface area is 212 Å². The molecule has 4 rings (SSSR count). The van der Waals surface area contributed by atoms with E-state index in [-0.39, 0.29) is 5.76 Å². The zero-order chi connectivity index (χ0) is 26.4. The van der Waals surface area contributed by atoms with E-state index < -0.39 is 23.3 Å². The van der Waals surface area contributed by atoms with E-state index in [1.54, 1.807) is 36.5 Å². The predicted octanol–water partition coefficient (Wildman–Crippen LogP) is 3.67. The normalized spacial score (nSPS) is 11.0. The van der Waals surface area contributed by atoms with Crippen molar-refractivity contribution in [3.8, 4) is 17.1 Å². The van der Waals surface area contributed by atoms with Gasteiger partial charge in [0, 0.05) is 29.0 Å². The second-order valence-electron chi connectivity index (χ2n) is 8.78. The van der Waals surface area contributed by atoms with E-state index in [0.29, 0.717) is 34.9 Å². The minimum atomic E-state index is -0.812. The SMILES string of the molecule is COc1cc(NC(=O)C(=O)NC(C)(C)Cc2ccc(NC(=O)c3ccno3)cc2)ccc1-c1cnco1. The molecule has 2 aromatic carbocycles. The van der Waals surface area contributed by atoms with Gasteiger partial charge in [-0.25, -0.2) is 4.98 Å². The van der Waals surface area contributed by atoms with Gasteiger partial charge in [-0.2, -0.15) is 0 Å². The molecule has 0 aliphatic carbocycles. The Balaban J connectivity index is 1.33. The molecule has 0 aliphatic rings. The van der Waals surface area contributed by atoms with Crippen LogP contribution in [0.3, 0.4) is 0 Å². The molecule has 0 fully saturated rings.